The zero-order chi connectivity index (χ0) is 38.6. The minimum Gasteiger partial charge on any atom is -0.497 e. The molecule has 3 aromatic carbocycles. The van der Waals surface area contributed by atoms with Crippen molar-refractivity contribution in [2.75, 3.05) is 55.9 Å². The van der Waals surface area contributed by atoms with Gasteiger partial charge in [-0.05, 0) is 57.2 Å². The molecule has 282 valence electrons. The summed E-state index contributed by atoms with van der Waals surface area (Å²) in [5.74, 6) is -0.389. The number of anilines is 4. The summed E-state index contributed by atoms with van der Waals surface area (Å²) in [6, 6.07) is 9.47. The second-order valence-electron chi connectivity index (χ2n) is 12.4. The molecule has 0 saturated heterocycles. The van der Waals surface area contributed by atoms with Gasteiger partial charge in [-0.3, -0.25) is 0 Å². The SMILES string of the molecule is COc1ccc(CN(c2nccs2)S(=O)(=O)c2cc(Cl)c(Nc3ccc(C(F)(F)F)cc3N(C)CCN(C)C(=O)OC(C)(C)C)cc2F)c(OC)c1. The molecule has 1 aromatic heterocycles. The Labute approximate surface area is 308 Å². The molecule has 18 heteroatoms. The first-order valence-electron chi connectivity index (χ1n) is 15.5. The maximum atomic E-state index is 15.9. The average Bonchev–Trinajstić information content (AvgIpc) is 3.60. The molecule has 0 unspecified atom stereocenters. The van der Waals surface area contributed by atoms with Crippen LogP contribution in [0, 0.1) is 5.82 Å². The van der Waals surface area contributed by atoms with Crippen molar-refractivity contribution >= 4 is 61.2 Å². The fourth-order valence-corrected chi connectivity index (χ4v) is 7.42. The number of aromatic nitrogens is 1. The van der Waals surface area contributed by atoms with Gasteiger partial charge in [0.15, 0.2) is 5.13 Å². The molecule has 11 nitrogen and oxygen atoms in total. The predicted molar refractivity (Wildman–Crippen MR) is 193 cm³/mol. The largest absolute Gasteiger partial charge is 0.497 e. The molecule has 0 radical (unpaired) electrons. The van der Waals surface area contributed by atoms with E-state index in [4.69, 9.17) is 25.8 Å². The van der Waals surface area contributed by atoms with Gasteiger partial charge in [0.05, 0.1) is 48.4 Å². The van der Waals surface area contributed by atoms with E-state index in [2.05, 4.69) is 10.3 Å². The fraction of sp³-hybridized carbons (Fsp3) is 0.353. The van der Waals surface area contributed by atoms with Crippen LogP contribution in [0.3, 0.4) is 0 Å². The number of hydrogen-bond donors (Lipinski definition) is 1. The Morgan fingerprint density at radius 1 is 0.981 bits per heavy atom. The zero-order valence-corrected chi connectivity index (χ0v) is 31.7. The number of alkyl halides is 3. The maximum Gasteiger partial charge on any atom is 0.416 e. The summed E-state index contributed by atoms with van der Waals surface area (Å²) >= 11 is 7.56. The van der Waals surface area contributed by atoms with Crippen molar-refractivity contribution < 1.29 is 45.0 Å². The molecule has 0 aliphatic rings. The Morgan fingerprint density at radius 3 is 2.29 bits per heavy atom. The maximum absolute atomic E-state index is 15.9. The minimum absolute atomic E-state index is 0.0453. The quantitative estimate of drug-likeness (QED) is 0.134. The lowest BCUT2D eigenvalue weighted by Gasteiger charge is -2.28. The fourth-order valence-electron chi connectivity index (χ4n) is 4.80. The number of ether oxygens (including phenoxy) is 3. The first kappa shape index (κ1) is 40.3. The molecular formula is C34H38ClF4N5O6S2. The number of rotatable bonds is 13. The van der Waals surface area contributed by atoms with Crippen LogP contribution >= 0.6 is 22.9 Å². The summed E-state index contributed by atoms with van der Waals surface area (Å²) in [6.45, 7) is 5.00. The number of thiazole rings is 1. The van der Waals surface area contributed by atoms with Gasteiger partial charge in [0, 0.05) is 56.5 Å². The van der Waals surface area contributed by atoms with E-state index in [0.717, 1.165) is 46.0 Å². The number of methoxy groups -OCH3 is 2. The Bertz CT molecular complexity index is 1990. The van der Waals surface area contributed by atoms with Crippen molar-refractivity contribution in [2.45, 2.75) is 44.0 Å². The lowest BCUT2D eigenvalue weighted by Crippen LogP contribution is -2.38. The summed E-state index contributed by atoms with van der Waals surface area (Å²) in [6.07, 6.45) is -3.89. The minimum atomic E-state index is -4.68. The molecule has 0 bridgehead atoms. The van der Waals surface area contributed by atoms with Crippen molar-refractivity contribution in [2.24, 2.45) is 0 Å². The van der Waals surface area contributed by atoms with E-state index in [9.17, 15) is 26.4 Å². The van der Waals surface area contributed by atoms with Gasteiger partial charge in [0.2, 0.25) is 0 Å². The first-order valence-corrected chi connectivity index (χ1v) is 18.2. The molecule has 4 rings (SSSR count). The van der Waals surface area contributed by atoms with E-state index in [0.29, 0.717) is 17.1 Å². The number of sulfonamides is 1. The van der Waals surface area contributed by atoms with E-state index >= 15 is 4.39 Å². The molecule has 52 heavy (non-hydrogen) atoms. The van der Waals surface area contributed by atoms with Gasteiger partial charge in [-0.2, -0.15) is 13.2 Å². The normalized spacial score (nSPS) is 11.9. The molecule has 1 amide bonds. The van der Waals surface area contributed by atoms with Gasteiger partial charge >= 0.3 is 12.3 Å². The second-order valence-corrected chi connectivity index (χ2v) is 15.6. The van der Waals surface area contributed by atoms with Crippen LogP contribution in [0.1, 0.15) is 31.9 Å². The summed E-state index contributed by atoms with van der Waals surface area (Å²) < 4.78 is 102. The van der Waals surface area contributed by atoms with Crippen LogP contribution in [0.5, 0.6) is 11.5 Å². The van der Waals surface area contributed by atoms with E-state index in [1.54, 1.807) is 44.4 Å². The molecule has 0 fully saturated rings. The van der Waals surface area contributed by atoms with Gasteiger partial charge in [0.25, 0.3) is 10.0 Å². The van der Waals surface area contributed by atoms with Crippen molar-refractivity contribution in [3.05, 3.63) is 82.1 Å². The number of carbonyl (C=O) groups excluding carboxylic acids is 1. The summed E-state index contributed by atoms with van der Waals surface area (Å²) in [4.78, 5) is 18.6. The number of halogens is 5. The second kappa shape index (κ2) is 16.0. The molecule has 1 N–H and O–H groups in total. The van der Waals surface area contributed by atoms with Gasteiger partial charge in [-0.1, -0.05) is 11.6 Å². The van der Waals surface area contributed by atoms with Gasteiger partial charge in [-0.15, -0.1) is 11.3 Å². The monoisotopic (exact) mass is 787 g/mol. The van der Waals surface area contributed by atoms with E-state index < -0.39 is 44.2 Å². The Kier molecular flexibility index (Phi) is 12.4. The van der Waals surface area contributed by atoms with Crippen LogP contribution in [-0.2, 0) is 27.5 Å². The van der Waals surface area contributed by atoms with E-state index in [1.807, 2.05) is 0 Å². The number of nitrogens with zero attached hydrogens (tertiary/aromatic N) is 4. The Balaban J connectivity index is 1.67. The third kappa shape index (κ3) is 9.68. The van der Waals surface area contributed by atoms with Crippen LogP contribution in [0.2, 0.25) is 5.02 Å². The molecule has 4 aromatic rings. The molecule has 0 atom stereocenters. The molecule has 0 aliphatic carbocycles. The lowest BCUT2D eigenvalue weighted by molar-refractivity contribution is -0.137. The standard InChI is InChI=1S/C34H38ClF4N5O6S2/c1-33(2,3)50-32(45)43(5)14-13-42(4)28-16-22(34(37,38)39)9-11-26(28)41-27-19-25(36)30(18-24(27)35)52(46,47)44(31-40-12-15-51-31)20-21-8-10-23(48-6)17-29(21)49-7/h8-12,15-19,41H,13-14,20H2,1-7H3. The molecule has 0 spiro atoms. The molecule has 1 heterocycles. The number of amides is 1. The van der Waals surface area contributed by atoms with Crippen molar-refractivity contribution in [3.8, 4) is 11.5 Å². The topological polar surface area (TPSA) is 114 Å². The number of hydrogen-bond acceptors (Lipinski definition) is 10. The number of benzene rings is 3. The Hall–Kier alpha value is -4.48. The smallest absolute Gasteiger partial charge is 0.416 e. The summed E-state index contributed by atoms with van der Waals surface area (Å²) in [5.41, 5.74) is -1.23. The highest BCUT2D eigenvalue weighted by molar-refractivity contribution is 7.93. The molecule has 0 saturated carbocycles. The predicted octanol–water partition coefficient (Wildman–Crippen LogP) is 8.41. The first-order chi connectivity index (χ1) is 24.2. The van der Waals surface area contributed by atoms with Crippen LogP contribution in [-0.4, -0.2) is 71.4 Å². The zero-order valence-electron chi connectivity index (χ0n) is 29.3. The van der Waals surface area contributed by atoms with Gasteiger partial charge in [-0.25, -0.2) is 26.9 Å². The summed E-state index contributed by atoms with van der Waals surface area (Å²) in [7, 11) is 1.24. The summed E-state index contributed by atoms with van der Waals surface area (Å²) in [5, 5.41) is 4.22. The third-order valence-corrected chi connectivity index (χ3v) is 10.5. The van der Waals surface area contributed by atoms with Crippen LogP contribution < -0.4 is 24.0 Å². The van der Waals surface area contributed by atoms with E-state index in [-0.39, 0.29) is 46.9 Å². The number of carbonyl (C=O) groups is 1. The van der Waals surface area contributed by atoms with Crippen LogP contribution in [0.15, 0.2) is 65.0 Å². The number of likely N-dealkylation sites (N-methyl/N-ethyl adjacent to an activating group) is 2. The average molecular weight is 788 g/mol. The lowest BCUT2D eigenvalue weighted by atomic mass is 10.1. The third-order valence-electron chi connectivity index (χ3n) is 7.51. The highest BCUT2D eigenvalue weighted by atomic mass is 35.5. The Morgan fingerprint density at radius 2 is 1.69 bits per heavy atom. The highest BCUT2D eigenvalue weighted by Crippen LogP contribution is 2.40. The number of nitrogens with one attached hydrogen (secondary N) is 1. The van der Waals surface area contributed by atoms with Crippen molar-refractivity contribution in [1.29, 1.82) is 0 Å². The van der Waals surface area contributed by atoms with Gasteiger partial charge < -0.3 is 29.3 Å². The highest BCUT2D eigenvalue weighted by Gasteiger charge is 2.33. The van der Waals surface area contributed by atoms with Crippen LogP contribution in [0.25, 0.3) is 0 Å². The van der Waals surface area contributed by atoms with Crippen molar-refractivity contribution in [3.63, 3.8) is 0 Å². The molecule has 0 aliphatic heterocycles. The molecular weight excluding hydrogens is 750 g/mol. The van der Waals surface area contributed by atoms with Gasteiger partial charge in [0.1, 0.15) is 27.8 Å². The van der Waals surface area contributed by atoms with Crippen LogP contribution in [0.4, 0.5) is 44.5 Å². The van der Waals surface area contributed by atoms with E-state index in [1.165, 1.54) is 44.3 Å². The van der Waals surface area contributed by atoms with Crippen molar-refractivity contribution in [1.82, 2.24) is 9.88 Å².